The molecule has 0 radical (unpaired) electrons. The molecule has 0 bridgehead atoms. The summed E-state index contributed by atoms with van der Waals surface area (Å²) in [5, 5.41) is 3.25. The molecule has 0 aromatic heterocycles. The van der Waals surface area contributed by atoms with E-state index in [4.69, 9.17) is 16.3 Å². The lowest BCUT2D eigenvalue weighted by atomic mass is 10.1. The summed E-state index contributed by atoms with van der Waals surface area (Å²) in [5.41, 5.74) is 2.73. The van der Waals surface area contributed by atoms with Crippen LogP contribution in [0.4, 0.5) is 5.69 Å². The van der Waals surface area contributed by atoms with E-state index in [9.17, 15) is 9.59 Å². The fourth-order valence-electron chi connectivity index (χ4n) is 3.22. The smallest absolute Gasteiger partial charge is 0.256 e. The summed E-state index contributed by atoms with van der Waals surface area (Å²) >= 11 is 6.08. The molecule has 2 amide bonds. The molecule has 28 heavy (non-hydrogen) atoms. The fourth-order valence-corrected chi connectivity index (χ4v) is 3.39. The van der Waals surface area contributed by atoms with Crippen molar-refractivity contribution in [3.05, 3.63) is 64.2 Å². The maximum Gasteiger partial charge on any atom is 0.256 e. The van der Waals surface area contributed by atoms with Crippen molar-refractivity contribution in [2.24, 2.45) is 0 Å². The van der Waals surface area contributed by atoms with Gasteiger partial charge in [-0.3, -0.25) is 9.59 Å². The van der Waals surface area contributed by atoms with Crippen molar-refractivity contribution in [3.63, 3.8) is 0 Å². The van der Waals surface area contributed by atoms with Crippen molar-refractivity contribution in [1.82, 2.24) is 4.90 Å². The zero-order valence-electron chi connectivity index (χ0n) is 16.0. The highest BCUT2D eigenvalue weighted by Gasteiger charge is 2.22. The van der Waals surface area contributed by atoms with Crippen LogP contribution < -0.4 is 10.1 Å². The van der Waals surface area contributed by atoms with Crippen LogP contribution in [-0.2, 0) is 4.79 Å². The summed E-state index contributed by atoms with van der Waals surface area (Å²) in [6, 6.07) is 10.7. The minimum absolute atomic E-state index is 0.111. The first-order valence-electron chi connectivity index (χ1n) is 9.20. The second-order valence-electron chi connectivity index (χ2n) is 6.76. The Labute approximate surface area is 169 Å². The second-order valence-corrected chi connectivity index (χ2v) is 7.19. The highest BCUT2D eigenvalue weighted by atomic mass is 35.5. The van der Waals surface area contributed by atoms with Gasteiger partial charge in [0.05, 0.1) is 18.4 Å². The number of methoxy groups -OCH3 is 1. The maximum atomic E-state index is 12.8. The van der Waals surface area contributed by atoms with E-state index in [2.05, 4.69) is 5.32 Å². The molecule has 0 spiro atoms. The predicted octanol–water partition coefficient (Wildman–Crippen LogP) is 4.54. The number of nitrogens with one attached hydrogen (secondary N) is 1. The van der Waals surface area contributed by atoms with Crippen LogP contribution in [0, 0.1) is 6.92 Å². The third-order valence-corrected chi connectivity index (χ3v) is 4.90. The number of nitrogens with zero attached hydrogens (tertiary/aromatic N) is 1. The number of ether oxygens (including phenoxy) is 1. The van der Waals surface area contributed by atoms with Crippen molar-refractivity contribution >= 4 is 35.2 Å². The number of rotatable bonds is 5. The molecular formula is C22H23ClN2O3. The fraction of sp³-hybridized carbons (Fsp3) is 0.273. The number of carbonyl (C=O) groups is 2. The van der Waals surface area contributed by atoms with E-state index in [1.54, 1.807) is 36.3 Å². The van der Waals surface area contributed by atoms with Crippen molar-refractivity contribution in [2.75, 3.05) is 25.5 Å². The molecule has 0 saturated carbocycles. The molecule has 1 aliphatic heterocycles. The molecule has 1 N–H and O–H groups in total. The van der Waals surface area contributed by atoms with Crippen LogP contribution in [-0.4, -0.2) is 36.9 Å². The number of hydrogen-bond acceptors (Lipinski definition) is 3. The number of anilines is 1. The number of amides is 2. The van der Waals surface area contributed by atoms with Crippen molar-refractivity contribution < 1.29 is 14.3 Å². The summed E-state index contributed by atoms with van der Waals surface area (Å²) in [7, 11) is 1.59. The van der Waals surface area contributed by atoms with E-state index in [1.165, 1.54) is 6.08 Å². The van der Waals surface area contributed by atoms with Gasteiger partial charge in [0.2, 0.25) is 5.91 Å². The first kappa shape index (κ1) is 20.0. The lowest BCUT2D eigenvalue weighted by Gasteiger charge is -2.18. The van der Waals surface area contributed by atoms with Gasteiger partial charge in [-0.25, -0.2) is 0 Å². The molecule has 6 heteroatoms. The van der Waals surface area contributed by atoms with Crippen molar-refractivity contribution in [1.29, 1.82) is 0 Å². The Morgan fingerprint density at radius 2 is 1.89 bits per heavy atom. The Balaban J connectivity index is 1.79. The molecule has 1 aliphatic rings. The predicted molar refractivity (Wildman–Crippen MR) is 112 cm³/mol. The minimum atomic E-state index is -0.332. The van der Waals surface area contributed by atoms with Gasteiger partial charge < -0.3 is 15.0 Å². The second kappa shape index (κ2) is 8.93. The number of benzene rings is 2. The lowest BCUT2D eigenvalue weighted by molar-refractivity contribution is -0.111. The molecule has 0 unspecified atom stereocenters. The van der Waals surface area contributed by atoms with Crippen molar-refractivity contribution in [3.8, 4) is 5.75 Å². The zero-order chi connectivity index (χ0) is 20.1. The molecule has 0 atom stereocenters. The van der Waals surface area contributed by atoms with Gasteiger partial charge in [-0.2, -0.15) is 0 Å². The average Bonchev–Trinajstić information content (AvgIpc) is 3.22. The first-order valence-corrected chi connectivity index (χ1v) is 9.58. The van der Waals surface area contributed by atoms with Crippen LogP contribution in [0.2, 0.25) is 5.02 Å². The highest BCUT2D eigenvalue weighted by molar-refractivity contribution is 6.31. The van der Waals surface area contributed by atoms with Crippen LogP contribution in [0.5, 0.6) is 5.75 Å². The SMILES string of the molecule is COc1ccc(C)cc1C=CC(=O)Nc1ccc(Cl)cc1C(=O)N1CCCC1. The standard InChI is InChI=1S/C22H23ClN2O3/c1-15-5-9-20(28-2)16(13-15)6-10-21(26)24-19-8-7-17(23)14-18(19)22(27)25-11-3-4-12-25/h5-10,13-14H,3-4,11-12H2,1-2H3,(H,24,26). The van der Waals surface area contributed by atoms with Crippen LogP contribution in [0.1, 0.15) is 34.3 Å². The van der Waals surface area contributed by atoms with E-state index in [1.807, 2.05) is 25.1 Å². The number of aryl methyl sites for hydroxylation is 1. The first-order chi connectivity index (χ1) is 13.5. The molecule has 3 rings (SSSR count). The van der Waals surface area contributed by atoms with Gasteiger partial charge >= 0.3 is 0 Å². The number of carbonyl (C=O) groups excluding carboxylic acids is 2. The van der Waals surface area contributed by atoms with Gasteiger partial charge in [0.15, 0.2) is 0 Å². The van der Waals surface area contributed by atoms with E-state index in [0.717, 1.165) is 37.1 Å². The average molecular weight is 399 g/mol. The summed E-state index contributed by atoms with van der Waals surface area (Å²) in [6.07, 6.45) is 5.11. The largest absolute Gasteiger partial charge is 0.496 e. The highest BCUT2D eigenvalue weighted by Crippen LogP contribution is 2.25. The Morgan fingerprint density at radius 3 is 2.61 bits per heavy atom. The normalized spacial score (nSPS) is 13.8. The number of likely N-dealkylation sites (tertiary alicyclic amines) is 1. The molecule has 2 aromatic rings. The molecule has 0 aliphatic carbocycles. The quantitative estimate of drug-likeness (QED) is 0.752. The molecule has 1 heterocycles. The number of hydrogen-bond donors (Lipinski definition) is 1. The van der Waals surface area contributed by atoms with Crippen LogP contribution in [0.25, 0.3) is 6.08 Å². The van der Waals surface area contributed by atoms with Gasteiger partial charge in [-0.1, -0.05) is 23.2 Å². The Kier molecular flexibility index (Phi) is 6.37. The van der Waals surface area contributed by atoms with E-state index in [-0.39, 0.29) is 11.8 Å². The Bertz CT molecular complexity index is 918. The lowest BCUT2D eigenvalue weighted by Crippen LogP contribution is -2.28. The summed E-state index contributed by atoms with van der Waals surface area (Å²) in [5.74, 6) is 0.243. The maximum absolute atomic E-state index is 12.8. The van der Waals surface area contributed by atoms with Crippen LogP contribution in [0.15, 0.2) is 42.5 Å². The third-order valence-electron chi connectivity index (χ3n) is 4.66. The molecule has 1 fully saturated rings. The Hall–Kier alpha value is -2.79. The third kappa shape index (κ3) is 4.73. The van der Waals surface area contributed by atoms with Gasteiger partial charge in [0.25, 0.3) is 5.91 Å². The zero-order valence-corrected chi connectivity index (χ0v) is 16.8. The molecule has 146 valence electrons. The number of halogens is 1. The Morgan fingerprint density at radius 1 is 1.14 bits per heavy atom. The molecule has 5 nitrogen and oxygen atoms in total. The van der Waals surface area contributed by atoms with Crippen LogP contribution >= 0.6 is 11.6 Å². The molecule has 2 aromatic carbocycles. The van der Waals surface area contributed by atoms with Gasteiger partial charge in [-0.15, -0.1) is 0 Å². The summed E-state index contributed by atoms with van der Waals surface area (Å²) in [6.45, 7) is 3.43. The minimum Gasteiger partial charge on any atom is -0.496 e. The molecular weight excluding hydrogens is 376 g/mol. The summed E-state index contributed by atoms with van der Waals surface area (Å²) in [4.78, 5) is 27.0. The van der Waals surface area contributed by atoms with Gasteiger partial charge in [0, 0.05) is 29.8 Å². The van der Waals surface area contributed by atoms with E-state index in [0.29, 0.717) is 22.0 Å². The van der Waals surface area contributed by atoms with Gasteiger partial charge in [-0.05, 0) is 56.2 Å². The van der Waals surface area contributed by atoms with Gasteiger partial charge in [0.1, 0.15) is 5.75 Å². The van der Waals surface area contributed by atoms with E-state index >= 15 is 0 Å². The van der Waals surface area contributed by atoms with Crippen LogP contribution in [0.3, 0.4) is 0 Å². The summed E-state index contributed by atoms with van der Waals surface area (Å²) < 4.78 is 5.32. The molecule has 1 saturated heterocycles. The topological polar surface area (TPSA) is 58.6 Å². The van der Waals surface area contributed by atoms with E-state index < -0.39 is 0 Å². The monoisotopic (exact) mass is 398 g/mol. The van der Waals surface area contributed by atoms with Crippen molar-refractivity contribution in [2.45, 2.75) is 19.8 Å².